The van der Waals surface area contributed by atoms with Crippen molar-refractivity contribution in [3.05, 3.63) is 58.7 Å². The summed E-state index contributed by atoms with van der Waals surface area (Å²) in [5, 5.41) is 3.09. The molecule has 0 aliphatic heterocycles. The van der Waals surface area contributed by atoms with Crippen molar-refractivity contribution in [3.8, 4) is 5.75 Å². The van der Waals surface area contributed by atoms with Gasteiger partial charge in [0.15, 0.2) is 5.96 Å². The molecule has 4 nitrogen and oxygen atoms in total. The molecule has 0 bridgehead atoms. The van der Waals surface area contributed by atoms with Crippen LogP contribution < -0.4 is 15.8 Å². The van der Waals surface area contributed by atoms with Crippen molar-refractivity contribution >= 4 is 35.6 Å². The lowest BCUT2D eigenvalue weighted by Crippen LogP contribution is -2.23. The molecule has 2 rings (SSSR count). The minimum absolute atomic E-state index is 0. The molecule has 2 aromatic rings. The number of nitrogens with one attached hydrogen (secondary N) is 1. The summed E-state index contributed by atoms with van der Waals surface area (Å²) in [5.74, 6) is 1.24. The van der Waals surface area contributed by atoms with Crippen molar-refractivity contribution in [3.63, 3.8) is 0 Å². The van der Waals surface area contributed by atoms with Gasteiger partial charge in [0.1, 0.15) is 5.75 Å². The number of ether oxygens (including phenoxy) is 1. The minimum Gasteiger partial charge on any atom is -0.497 e. The van der Waals surface area contributed by atoms with Crippen LogP contribution in [-0.4, -0.2) is 19.6 Å². The third-order valence-electron chi connectivity index (χ3n) is 3.85. The number of nitrogens with zero attached hydrogens (tertiary/aromatic N) is 1. The number of benzene rings is 2. The van der Waals surface area contributed by atoms with E-state index in [-0.39, 0.29) is 24.0 Å². The first-order valence-corrected chi connectivity index (χ1v) is 7.77. The summed E-state index contributed by atoms with van der Waals surface area (Å²) in [7, 11) is 1.65. The number of guanidine groups is 1. The smallest absolute Gasteiger partial charge is 0.193 e. The highest BCUT2D eigenvalue weighted by atomic mass is 127. The van der Waals surface area contributed by atoms with E-state index in [1.807, 2.05) is 24.3 Å². The second-order valence-corrected chi connectivity index (χ2v) is 5.75. The zero-order chi connectivity index (χ0) is 16.8. The summed E-state index contributed by atoms with van der Waals surface area (Å²) < 4.78 is 5.13. The summed E-state index contributed by atoms with van der Waals surface area (Å²) in [6.07, 6.45) is 0.892. The molecule has 24 heavy (non-hydrogen) atoms. The Balaban J connectivity index is 0.00000288. The largest absolute Gasteiger partial charge is 0.497 e. The minimum atomic E-state index is 0. The van der Waals surface area contributed by atoms with E-state index in [1.165, 1.54) is 22.3 Å². The van der Waals surface area contributed by atoms with Gasteiger partial charge < -0.3 is 15.8 Å². The average Bonchev–Trinajstić information content (AvgIpc) is 2.50. The average molecular weight is 439 g/mol. The number of aryl methyl sites for hydroxylation is 3. The zero-order valence-corrected chi connectivity index (χ0v) is 17.0. The van der Waals surface area contributed by atoms with E-state index in [1.54, 1.807) is 7.11 Å². The molecule has 2 aromatic carbocycles. The van der Waals surface area contributed by atoms with Gasteiger partial charge in [0.2, 0.25) is 0 Å². The number of halogens is 1. The summed E-state index contributed by atoms with van der Waals surface area (Å²) in [6, 6.07) is 12.0. The molecule has 0 aliphatic rings. The Hall–Kier alpha value is -1.76. The van der Waals surface area contributed by atoms with Gasteiger partial charge in [0.05, 0.1) is 7.11 Å². The molecule has 0 atom stereocenters. The van der Waals surface area contributed by atoms with Crippen LogP contribution in [0.1, 0.15) is 22.3 Å². The van der Waals surface area contributed by atoms with E-state index in [0.717, 1.165) is 17.9 Å². The molecule has 0 spiro atoms. The number of hydrogen-bond donors (Lipinski definition) is 2. The predicted molar refractivity (Wildman–Crippen MR) is 113 cm³/mol. The van der Waals surface area contributed by atoms with E-state index >= 15 is 0 Å². The first kappa shape index (κ1) is 20.3. The Morgan fingerprint density at radius 2 is 1.67 bits per heavy atom. The third-order valence-corrected chi connectivity index (χ3v) is 3.85. The fourth-order valence-corrected chi connectivity index (χ4v) is 2.75. The number of rotatable bonds is 5. The van der Waals surface area contributed by atoms with Gasteiger partial charge in [0, 0.05) is 12.2 Å². The van der Waals surface area contributed by atoms with Gasteiger partial charge in [0.25, 0.3) is 0 Å². The molecule has 0 aliphatic carbocycles. The lowest BCUT2D eigenvalue weighted by Gasteiger charge is -2.11. The van der Waals surface area contributed by atoms with Crippen LogP contribution in [-0.2, 0) is 6.42 Å². The Kier molecular flexibility index (Phi) is 8.04. The van der Waals surface area contributed by atoms with Crippen molar-refractivity contribution in [1.82, 2.24) is 0 Å². The maximum Gasteiger partial charge on any atom is 0.193 e. The maximum atomic E-state index is 5.95. The van der Waals surface area contributed by atoms with E-state index in [9.17, 15) is 0 Å². The van der Waals surface area contributed by atoms with Crippen LogP contribution in [0, 0.1) is 20.8 Å². The fraction of sp³-hybridized carbons (Fsp3) is 0.316. The van der Waals surface area contributed by atoms with Gasteiger partial charge in [-0.2, -0.15) is 0 Å². The Labute approximate surface area is 161 Å². The van der Waals surface area contributed by atoms with Gasteiger partial charge >= 0.3 is 0 Å². The van der Waals surface area contributed by atoms with Crippen molar-refractivity contribution in [1.29, 1.82) is 0 Å². The lowest BCUT2D eigenvalue weighted by atomic mass is 9.97. The van der Waals surface area contributed by atoms with Crippen molar-refractivity contribution < 1.29 is 4.74 Å². The zero-order valence-electron chi connectivity index (χ0n) is 14.7. The Morgan fingerprint density at radius 1 is 1.08 bits per heavy atom. The van der Waals surface area contributed by atoms with Crippen LogP contribution in [0.3, 0.4) is 0 Å². The van der Waals surface area contributed by atoms with Gasteiger partial charge in [-0.05, 0) is 68.1 Å². The molecule has 0 heterocycles. The SMILES string of the molecule is COc1ccc(NC(N)=NCCc2c(C)cc(C)cc2C)cc1.I. The molecule has 0 aromatic heterocycles. The molecule has 130 valence electrons. The second kappa shape index (κ2) is 9.52. The molecule has 3 N–H and O–H groups in total. The number of methoxy groups -OCH3 is 1. The number of hydrogen-bond acceptors (Lipinski definition) is 2. The van der Waals surface area contributed by atoms with Crippen LogP contribution in [0.2, 0.25) is 0 Å². The van der Waals surface area contributed by atoms with Crippen LogP contribution in [0.4, 0.5) is 5.69 Å². The van der Waals surface area contributed by atoms with Crippen LogP contribution in [0.15, 0.2) is 41.4 Å². The molecule has 0 unspecified atom stereocenters. The number of nitrogens with two attached hydrogens (primary N) is 1. The van der Waals surface area contributed by atoms with Crippen molar-refractivity contribution in [2.45, 2.75) is 27.2 Å². The maximum absolute atomic E-state index is 5.95. The molecular weight excluding hydrogens is 413 g/mol. The highest BCUT2D eigenvalue weighted by Crippen LogP contribution is 2.17. The molecule has 0 amide bonds. The van der Waals surface area contributed by atoms with E-state index < -0.39 is 0 Å². The molecule has 0 saturated heterocycles. The Morgan fingerprint density at radius 3 is 2.21 bits per heavy atom. The molecule has 0 fully saturated rings. The first-order valence-electron chi connectivity index (χ1n) is 7.77. The van der Waals surface area contributed by atoms with E-state index in [4.69, 9.17) is 10.5 Å². The summed E-state index contributed by atoms with van der Waals surface area (Å²) in [6.45, 7) is 7.09. The number of aliphatic imine (C=N–C) groups is 1. The molecule has 0 radical (unpaired) electrons. The highest BCUT2D eigenvalue weighted by molar-refractivity contribution is 14.0. The molecule has 5 heteroatoms. The fourth-order valence-electron chi connectivity index (χ4n) is 2.75. The molecular formula is C19H26IN3O. The first-order chi connectivity index (χ1) is 11.0. The van der Waals surface area contributed by atoms with E-state index in [0.29, 0.717) is 12.5 Å². The van der Waals surface area contributed by atoms with Gasteiger partial charge in [-0.3, -0.25) is 4.99 Å². The topological polar surface area (TPSA) is 59.6 Å². The van der Waals surface area contributed by atoms with Crippen LogP contribution in [0.5, 0.6) is 5.75 Å². The third kappa shape index (κ3) is 5.70. The summed E-state index contributed by atoms with van der Waals surface area (Å²) in [4.78, 5) is 4.41. The van der Waals surface area contributed by atoms with Crippen molar-refractivity contribution in [2.24, 2.45) is 10.7 Å². The standard InChI is InChI=1S/C19H25N3O.HI/c1-13-11-14(2)18(15(3)12-13)9-10-21-19(20)22-16-5-7-17(23-4)8-6-16;/h5-8,11-12H,9-10H2,1-4H3,(H3,20,21,22);1H. The number of anilines is 1. The highest BCUT2D eigenvalue weighted by Gasteiger charge is 2.03. The normalized spacial score (nSPS) is 10.9. The van der Waals surface area contributed by atoms with Crippen molar-refractivity contribution in [2.75, 3.05) is 19.0 Å². The monoisotopic (exact) mass is 439 g/mol. The van der Waals surface area contributed by atoms with Crippen LogP contribution >= 0.6 is 24.0 Å². The van der Waals surface area contributed by atoms with Crippen LogP contribution in [0.25, 0.3) is 0 Å². The lowest BCUT2D eigenvalue weighted by molar-refractivity contribution is 0.415. The Bertz CT molecular complexity index is 673. The molecule has 0 saturated carbocycles. The van der Waals surface area contributed by atoms with E-state index in [2.05, 4.69) is 43.2 Å². The van der Waals surface area contributed by atoms with Gasteiger partial charge in [-0.15, -0.1) is 24.0 Å². The quantitative estimate of drug-likeness (QED) is 0.417. The van der Waals surface area contributed by atoms with Gasteiger partial charge in [-0.25, -0.2) is 0 Å². The predicted octanol–water partition coefficient (Wildman–Crippen LogP) is 4.21. The van der Waals surface area contributed by atoms with Gasteiger partial charge in [-0.1, -0.05) is 17.7 Å². The summed E-state index contributed by atoms with van der Waals surface area (Å²) >= 11 is 0. The second-order valence-electron chi connectivity index (χ2n) is 5.75. The summed E-state index contributed by atoms with van der Waals surface area (Å²) in [5.41, 5.74) is 12.1.